The maximum Gasteiger partial charge on any atom is 0.189 e. The molecule has 7 nitrogen and oxygen atoms in total. The summed E-state index contributed by atoms with van der Waals surface area (Å²) in [4.78, 5) is 15.8. The molecule has 0 amide bonds. The second-order valence-corrected chi connectivity index (χ2v) is 10.2. The number of rotatable bonds is 7. The van der Waals surface area contributed by atoms with Crippen LogP contribution in [0.4, 0.5) is 21.0 Å². The Hall–Kier alpha value is -2.59. The van der Waals surface area contributed by atoms with E-state index in [-0.39, 0.29) is 16.9 Å². The lowest BCUT2D eigenvalue weighted by Crippen LogP contribution is -2.35. The molecule has 0 spiro atoms. The summed E-state index contributed by atoms with van der Waals surface area (Å²) in [6.07, 6.45) is 7.35. The van der Waals surface area contributed by atoms with E-state index in [9.17, 15) is 4.39 Å². The lowest BCUT2D eigenvalue weighted by molar-refractivity contribution is 0.180. The van der Waals surface area contributed by atoms with E-state index in [1.165, 1.54) is 42.1 Å². The first kappa shape index (κ1) is 23.2. The number of benzene rings is 1. The van der Waals surface area contributed by atoms with Crippen molar-refractivity contribution in [3.05, 3.63) is 59.2 Å². The largest absolute Gasteiger partial charge is 0.362 e. The average Bonchev–Trinajstić information content (AvgIpc) is 3.27. The fourth-order valence-electron chi connectivity index (χ4n) is 4.29. The third kappa shape index (κ3) is 5.38. The SMILES string of the molecule is NCC1CCN(Cc2ccc(Nc3nc4ncnc(NC5C=CC(F)=C(Cl)C5)c4s3)cc2)CC1. The molecule has 4 N–H and O–H groups in total. The summed E-state index contributed by atoms with van der Waals surface area (Å²) < 4.78 is 14.3. The van der Waals surface area contributed by atoms with Crippen LogP contribution < -0.4 is 16.4 Å². The molecule has 3 heterocycles. The molecule has 1 fully saturated rings. The van der Waals surface area contributed by atoms with Crippen LogP contribution in [0, 0.1) is 5.92 Å². The number of aromatic nitrogens is 3. The van der Waals surface area contributed by atoms with E-state index in [0.29, 0.717) is 23.8 Å². The molecule has 2 aliphatic rings. The highest BCUT2D eigenvalue weighted by Crippen LogP contribution is 2.33. The summed E-state index contributed by atoms with van der Waals surface area (Å²) in [5, 5.41) is 7.63. The number of hydrogen-bond acceptors (Lipinski definition) is 8. The number of nitrogens with zero attached hydrogens (tertiary/aromatic N) is 4. The number of halogens is 2. The topological polar surface area (TPSA) is 92.0 Å². The number of anilines is 3. The fraction of sp³-hybridized carbons (Fsp3) is 0.375. The Labute approximate surface area is 206 Å². The Morgan fingerprint density at radius 3 is 2.71 bits per heavy atom. The van der Waals surface area contributed by atoms with Gasteiger partial charge in [0.15, 0.2) is 10.8 Å². The molecular formula is C24H27ClFN7S. The van der Waals surface area contributed by atoms with Crippen molar-refractivity contribution in [3.63, 3.8) is 0 Å². The van der Waals surface area contributed by atoms with E-state index >= 15 is 0 Å². The minimum atomic E-state index is -0.390. The van der Waals surface area contributed by atoms with E-state index < -0.39 is 0 Å². The van der Waals surface area contributed by atoms with Crippen LogP contribution in [0.2, 0.25) is 0 Å². The molecule has 0 bridgehead atoms. The Balaban J connectivity index is 1.23. The first-order chi connectivity index (χ1) is 16.6. The van der Waals surface area contributed by atoms with Gasteiger partial charge in [0.1, 0.15) is 22.7 Å². The number of hydrogen-bond donors (Lipinski definition) is 3. The second kappa shape index (κ2) is 10.4. The van der Waals surface area contributed by atoms with Gasteiger partial charge in [0, 0.05) is 18.7 Å². The molecule has 1 unspecified atom stereocenters. The van der Waals surface area contributed by atoms with E-state index in [2.05, 4.69) is 54.8 Å². The smallest absolute Gasteiger partial charge is 0.189 e. The Morgan fingerprint density at radius 1 is 1.18 bits per heavy atom. The zero-order valence-corrected chi connectivity index (χ0v) is 20.2. The van der Waals surface area contributed by atoms with Gasteiger partial charge in [-0.05, 0) is 62.2 Å². The molecule has 34 heavy (non-hydrogen) atoms. The molecule has 1 aliphatic carbocycles. The van der Waals surface area contributed by atoms with Crippen LogP contribution in [0.15, 0.2) is 53.6 Å². The molecule has 1 aromatic carbocycles. The van der Waals surface area contributed by atoms with E-state index in [1.54, 1.807) is 6.08 Å². The van der Waals surface area contributed by atoms with Gasteiger partial charge < -0.3 is 16.4 Å². The molecule has 1 atom stereocenters. The van der Waals surface area contributed by atoms with Crippen LogP contribution in [0.25, 0.3) is 10.3 Å². The molecule has 0 radical (unpaired) electrons. The van der Waals surface area contributed by atoms with Gasteiger partial charge in [-0.1, -0.05) is 41.1 Å². The van der Waals surface area contributed by atoms with Gasteiger partial charge >= 0.3 is 0 Å². The van der Waals surface area contributed by atoms with Crippen LogP contribution in [0.3, 0.4) is 0 Å². The van der Waals surface area contributed by atoms with Crippen LogP contribution in [-0.2, 0) is 6.54 Å². The van der Waals surface area contributed by atoms with Crippen LogP contribution in [-0.4, -0.2) is 45.5 Å². The minimum Gasteiger partial charge on any atom is -0.362 e. The number of likely N-dealkylation sites (tertiary alicyclic amines) is 1. The second-order valence-electron chi connectivity index (χ2n) is 8.74. The molecule has 178 valence electrons. The van der Waals surface area contributed by atoms with Gasteiger partial charge in [-0.3, -0.25) is 4.90 Å². The third-order valence-electron chi connectivity index (χ3n) is 6.30. The summed E-state index contributed by atoms with van der Waals surface area (Å²) in [6.45, 7) is 3.98. The molecule has 1 saturated heterocycles. The fourth-order valence-corrected chi connectivity index (χ4v) is 5.41. The maximum absolute atomic E-state index is 13.5. The summed E-state index contributed by atoms with van der Waals surface area (Å²) in [6, 6.07) is 8.33. The number of allylic oxidation sites excluding steroid dienone is 2. The molecule has 2 aromatic heterocycles. The summed E-state index contributed by atoms with van der Waals surface area (Å²) >= 11 is 7.44. The molecule has 0 saturated carbocycles. The molecule has 10 heteroatoms. The monoisotopic (exact) mass is 499 g/mol. The van der Waals surface area contributed by atoms with E-state index in [0.717, 1.165) is 41.7 Å². The zero-order valence-electron chi connectivity index (χ0n) is 18.7. The quantitative estimate of drug-likeness (QED) is 0.413. The van der Waals surface area contributed by atoms with E-state index in [4.69, 9.17) is 17.3 Å². The molecule has 3 aromatic rings. The highest BCUT2D eigenvalue weighted by molar-refractivity contribution is 7.22. The number of fused-ring (bicyclic) bond motifs is 1. The Morgan fingerprint density at radius 2 is 1.97 bits per heavy atom. The van der Waals surface area contributed by atoms with Gasteiger partial charge in [0.25, 0.3) is 0 Å². The van der Waals surface area contributed by atoms with Gasteiger partial charge in [0.05, 0.1) is 11.1 Å². The van der Waals surface area contributed by atoms with Crippen molar-refractivity contribution in [2.24, 2.45) is 11.7 Å². The first-order valence-electron chi connectivity index (χ1n) is 11.5. The zero-order chi connectivity index (χ0) is 23.5. The first-order valence-corrected chi connectivity index (χ1v) is 12.7. The van der Waals surface area contributed by atoms with Crippen molar-refractivity contribution in [2.75, 3.05) is 30.3 Å². The predicted molar refractivity (Wildman–Crippen MR) is 137 cm³/mol. The number of nitrogens with one attached hydrogen (secondary N) is 2. The van der Waals surface area contributed by atoms with Gasteiger partial charge in [-0.2, -0.15) is 4.98 Å². The van der Waals surface area contributed by atoms with Gasteiger partial charge in [-0.15, -0.1) is 0 Å². The van der Waals surface area contributed by atoms with Crippen molar-refractivity contribution < 1.29 is 4.39 Å². The van der Waals surface area contributed by atoms with Crippen LogP contribution >= 0.6 is 22.9 Å². The predicted octanol–water partition coefficient (Wildman–Crippen LogP) is 5.16. The van der Waals surface area contributed by atoms with Gasteiger partial charge in [0.2, 0.25) is 0 Å². The van der Waals surface area contributed by atoms with Crippen molar-refractivity contribution in [3.8, 4) is 0 Å². The lowest BCUT2D eigenvalue weighted by Gasteiger charge is -2.31. The molecule has 1 aliphatic heterocycles. The summed E-state index contributed by atoms with van der Waals surface area (Å²) in [5.41, 5.74) is 8.67. The van der Waals surface area contributed by atoms with Crippen molar-refractivity contribution in [2.45, 2.75) is 31.8 Å². The lowest BCUT2D eigenvalue weighted by atomic mass is 9.97. The van der Waals surface area contributed by atoms with Crippen molar-refractivity contribution in [1.82, 2.24) is 19.9 Å². The molecular weight excluding hydrogens is 473 g/mol. The molecule has 5 rings (SSSR count). The standard InChI is InChI=1S/C24H27ClFN7S/c25-19-11-18(5-6-20(19)26)30-22-21-23(29-14-28-22)32-24(34-21)31-17-3-1-16(2-4-17)13-33-9-7-15(12-27)8-10-33/h1-6,14-15,18H,7-13,27H2,(H2,28,29,30,31,32). The third-order valence-corrected chi connectivity index (χ3v) is 7.60. The highest BCUT2D eigenvalue weighted by atomic mass is 35.5. The average molecular weight is 500 g/mol. The number of piperidine rings is 1. The maximum atomic E-state index is 13.5. The highest BCUT2D eigenvalue weighted by Gasteiger charge is 2.19. The summed E-state index contributed by atoms with van der Waals surface area (Å²) in [5.74, 6) is 0.943. The summed E-state index contributed by atoms with van der Waals surface area (Å²) in [7, 11) is 0. The Bertz CT molecular complexity index is 1200. The van der Waals surface area contributed by atoms with E-state index in [1.807, 2.05) is 0 Å². The van der Waals surface area contributed by atoms with Crippen molar-refractivity contribution >= 4 is 49.9 Å². The number of thiazole rings is 1. The Kier molecular flexibility index (Phi) is 7.05. The number of nitrogens with two attached hydrogens (primary N) is 1. The van der Waals surface area contributed by atoms with Gasteiger partial charge in [-0.25, -0.2) is 14.4 Å². The van der Waals surface area contributed by atoms with Crippen molar-refractivity contribution in [1.29, 1.82) is 0 Å². The van der Waals surface area contributed by atoms with Crippen LogP contribution in [0.5, 0.6) is 0 Å². The minimum absolute atomic E-state index is 0.141. The normalized spacial score (nSPS) is 19.7. The van der Waals surface area contributed by atoms with Crippen LogP contribution in [0.1, 0.15) is 24.8 Å².